The number of hydrogen-bond acceptors (Lipinski definition) is 3. The Morgan fingerprint density at radius 3 is 2.75 bits per heavy atom. The van der Waals surface area contributed by atoms with Crippen LogP contribution in [0.3, 0.4) is 0 Å². The first-order chi connectivity index (χ1) is 11.7. The molecule has 0 bridgehead atoms. The van der Waals surface area contributed by atoms with E-state index in [9.17, 15) is 4.79 Å². The van der Waals surface area contributed by atoms with Crippen LogP contribution in [-0.4, -0.2) is 27.6 Å². The lowest BCUT2D eigenvalue weighted by atomic mass is 10.1. The molecule has 0 atom stereocenters. The third-order valence-corrected chi connectivity index (χ3v) is 5.29. The van der Waals surface area contributed by atoms with Crippen molar-refractivity contribution < 1.29 is 4.79 Å². The number of carbonyl (C=O) groups excluding carboxylic acids is 1. The van der Waals surface area contributed by atoms with E-state index < -0.39 is 0 Å². The van der Waals surface area contributed by atoms with Gasteiger partial charge in [0.2, 0.25) is 0 Å². The van der Waals surface area contributed by atoms with Crippen LogP contribution in [0.2, 0.25) is 0 Å². The van der Waals surface area contributed by atoms with E-state index in [2.05, 4.69) is 36.7 Å². The van der Waals surface area contributed by atoms with Crippen LogP contribution in [-0.2, 0) is 0 Å². The summed E-state index contributed by atoms with van der Waals surface area (Å²) in [5.41, 5.74) is 3.69. The molecule has 4 nitrogen and oxygen atoms in total. The standard InChI is InChI=1S/C18H16BrN3OS/c1-24-16-8-13(19)10-22-15(9-20-17(16)22)11-2-4-12(5-3-11)18(23)21-14-6-7-14/h2-5,8-10,14H,6-7H2,1H3,(H,21,23). The number of amides is 1. The van der Waals surface area contributed by atoms with Gasteiger partial charge < -0.3 is 5.32 Å². The van der Waals surface area contributed by atoms with Gasteiger partial charge in [0.05, 0.1) is 16.8 Å². The molecule has 122 valence electrons. The number of nitrogens with one attached hydrogen (secondary N) is 1. The molecule has 2 aromatic heterocycles. The summed E-state index contributed by atoms with van der Waals surface area (Å²) in [5, 5.41) is 3.01. The van der Waals surface area contributed by atoms with Gasteiger partial charge in [-0.2, -0.15) is 0 Å². The maximum Gasteiger partial charge on any atom is 0.251 e. The summed E-state index contributed by atoms with van der Waals surface area (Å²) in [7, 11) is 0. The van der Waals surface area contributed by atoms with Gasteiger partial charge in [-0.25, -0.2) is 4.98 Å². The van der Waals surface area contributed by atoms with Crippen molar-refractivity contribution in [1.82, 2.24) is 14.7 Å². The second-order valence-corrected chi connectivity index (χ2v) is 7.65. The summed E-state index contributed by atoms with van der Waals surface area (Å²) in [6, 6.07) is 10.1. The number of hydrogen-bond donors (Lipinski definition) is 1. The average Bonchev–Trinajstić information content (AvgIpc) is 3.31. The number of fused-ring (bicyclic) bond motifs is 1. The van der Waals surface area contributed by atoms with Gasteiger partial charge in [0.1, 0.15) is 0 Å². The third kappa shape index (κ3) is 2.96. The topological polar surface area (TPSA) is 46.4 Å². The Kier molecular flexibility index (Phi) is 4.10. The second-order valence-electron chi connectivity index (χ2n) is 5.89. The number of thioether (sulfide) groups is 1. The number of aromatic nitrogens is 2. The quantitative estimate of drug-likeness (QED) is 0.659. The van der Waals surface area contributed by atoms with E-state index in [1.54, 1.807) is 11.8 Å². The van der Waals surface area contributed by atoms with Gasteiger partial charge in [0, 0.05) is 27.8 Å². The van der Waals surface area contributed by atoms with Crippen molar-refractivity contribution in [3.8, 4) is 11.3 Å². The smallest absolute Gasteiger partial charge is 0.251 e. The minimum atomic E-state index is 0.00889. The van der Waals surface area contributed by atoms with Crippen molar-refractivity contribution in [3.05, 3.63) is 52.8 Å². The minimum absolute atomic E-state index is 0.00889. The molecule has 0 spiro atoms. The number of halogens is 1. The first-order valence-corrected chi connectivity index (χ1v) is 9.79. The van der Waals surface area contributed by atoms with Crippen LogP contribution in [0.4, 0.5) is 0 Å². The zero-order valence-corrected chi connectivity index (χ0v) is 15.5. The van der Waals surface area contributed by atoms with E-state index in [1.807, 2.05) is 42.9 Å². The molecule has 1 saturated carbocycles. The van der Waals surface area contributed by atoms with Crippen molar-refractivity contribution >= 4 is 39.2 Å². The van der Waals surface area contributed by atoms with Crippen molar-refractivity contribution in [3.63, 3.8) is 0 Å². The zero-order valence-electron chi connectivity index (χ0n) is 13.1. The number of nitrogens with zero attached hydrogens (tertiary/aromatic N) is 2. The lowest BCUT2D eigenvalue weighted by molar-refractivity contribution is 0.0951. The van der Waals surface area contributed by atoms with Gasteiger partial charge in [-0.1, -0.05) is 12.1 Å². The average molecular weight is 402 g/mol. The lowest BCUT2D eigenvalue weighted by Gasteiger charge is -2.07. The molecule has 1 aromatic carbocycles. The van der Waals surface area contributed by atoms with Crippen LogP contribution in [0.1, 0.15) is 23.2 Å². The zero-order chi connectivity index (χ0) is 16.7. The van der Waals surface area contributed by atoms with E-state index in [1.165, 1.54) is 0 Å². The second kappa shape index (κ2) is 6.26. The maximum atomic E-state index is 12.1. The highest BCUT2D eigenvalue weighted by Gasteiger charge is 2.23. The first-order valence-electron chi connectivity index (χ1n) is 7.77. The number of carbonyl (C=O) groups is 1. The maximum absolute atomic E-state index is 12.1. The largest absolute Gasteiger partial charge is 0.349 e. The number of pyridine rings is 1. The van der Waals surface area contributed by atoms with Crippen molar-refractivity contribution in [2.75, 3.05) is 6.26 Å². The minimum Gasteiger partial charge on any atom is -0.349 e. The summed E-state index contributed by atoms with van der Waals surface area (Å²) < 4.78 is 3.09. The Morgan fingerprint density at radius 2 is 2.08 bits per heavy atom. The molecule has 0 unspecified atom stereocenters. The SMILES string of the molecule is CSc1cc(Br)cn2c(-c3ccc(C(=O)NC4CC4)cc3)cnc12. The normalized spacial score (nSPS) is 14.1. The van der Waals surface area contributed by atoms with E-state index in [4.69, 9.17) is 0 Å². The molecule has 3 aromatic rings. The van der Waals surface area contributed by atoms with E-state index in [-0.39, 0.29) is 5.91 Å². The Morgan fingerprint density at radius 1 is 1.33 bits per heavy atom. The highest BCUT2D eigenvalue weighted by molar-refractivity contribution is 9.10. The molecular weight excluding hydrogens is 386 g/mol. The number of rotatable bonds is 4. The number of benzene rings is 1. The monoisotopic (exact) mass is 401 g/mol. The van der Waals surface area contributed by atoms with E-state index in [0.29, 0.717) is 11.6 Å². The van der Waals surface area contributed by atoms with Crippen LogP contribution in [0, 0.1) is 0 Å². The molecule has 0 radical (unpaired) electrons. The number of imidazole rings is 1. The van der Waals surface area contributed by atoms with Crippen molar-refractivity contribution in [1.29, 1.82) is 0 Å². The van der Waals surface area contributed by atoms with Crippen molar-refractivity contribution in [2.45, 2.75) is 23.8 Å². The van der Waals surface area contributed by atoms with Crippen LogP contribution in [0.25, 0.3) is 16.9 Å². The molecule has 2 heterocycles. The Hall–Kier alpha value is -1.79. The van der Waals surface area contributed by atoms with Crippen molar-refractivity contribution in [2.24, 2.45) is 0 Å². The van der Waals surface area contributed by atoms with E-state index >= 15 is 0 Å². The summed E-state index contributed by atoms with van der Waals surface area (Å²) in [4.78, 5) is 17.8. The molecule has 1 aliphatic carbocycles. The van der Waals surface area contributed by atoms with Crippen LogP contribution in [0.15, 0.2) is 52.1 Å². The van der Waals surface area contributed by atoms with Crippen LogP contribution in [0.5, 0.6) is 0 Å². The van der Waals surface area contributed by atoms with Gasteiger partial charge in [-0.15, -0.1) is 11.8 Å². The van der Waals surface area contributed by atoms with E-state index in [0.717, 1.165) is 39.1 Å². The van der Waals surface area contributed by atoms with Gasteiger partial charge in [-0.3, -0.25) is 9.20 Å². The summed E-state index contributed by atoms with van der Waals surface area (Å²) >= 11 is 5.23. The fourth-order valence-electron chi connectivity index (χ4n) is 2.68. The van der Waals surface area contributed by atoms with Gasteiger partial charge >= 0.3 is 0 Å². The molecule has 24 heavy (non-hydrogen) atoms. The molecule has 1 amide bonds. The molecular formula is C18H16BrN3OS. The summed E-state index contributed by atoms with van der Waals surface area (Å²) in [5.74, 6) is 0.00889. The Bertz CT molecular complexity index is 916. The molecule has 4 rings (SSSR count). The predicted molar refractivity (Wildman–Crippen MR) is 101 cm³/mol. The van der Waals surface area contributed by atoms with Crippen LogP contribution >= 0.6 is 27.7 Å². The Labute approximate surface area is 152 Å². The summed E-state index contributed by atoms with van der Waals surface area (Å²) in [6.45, 7) is 0. The van der Waals surface area contributed by atoms with Gasteiger partial charge in [-0.05, 0) is 53.2 Å². The molecule has 0 saturated heterocycles. The molecule has 1 aliphatic rings. The molecule has 6 heteroatoms. The molecule has 1 fully saturated rings. The summed E-state index contributed by atoms with van der Waals surface area (Å²) in [6.07, 6.45) is 8.13. The van der Waals surface area contributed by atoms with Gasteiger partial charge in [0.15, 0.2) is 5.65 Å². The fraction of sp³-hybridized carbons (Fsp3) is 0.222. The fourth-order valence-corrected chi connectivity index (χ4v) is 3.84. The molecule has 0 aliphatic heterocycles. The Balaban J connectivity index is 1.69. The van der Waals surface area contributed by atoms with Crippen LogP contribution < -0.4 is 5.32 Å². The third-order valence-electron chi connectivity index (χ3n) is 4.11. The van der Waals surface area contributed by atoms with Gasteiger partial charge in [0.25, 0.3) is 5.91 Å². The highest BCUT2D eigenvalue weighted by atomic mass is 79.9. The predicted octanol–water partition coefficient (Wildman–Crippen LogP) is 4.38. The first kappa shape index (κ1) is 15.7. The lowest BCUT2D eigenvalue weighted by Crippen LogP contribution is -2.25. The molecule has 1 N–H and O–H groups in total. The highest BCUT2D eigenvalue weighted by Crippen LogP contribution is 2.29.